The molecule has 0 aliphatic carbocycles. The maximum Gasteiger partial charge on any atom is 0.253 e. The summed E-state index contributed by atoms with van der Waals surface area (Å²) in [6.45, 7) is 0. The third-order valence-electron chi connectivity index (χ3n) is 3.65. The largest absolute Gasteiger partial charge is 0.456 e. The van der Waals surface area contributed by atoms with Crippen molar-refractivity contribution in [2.24, 2.45) is 5.73 Å². The molecule has 3 rings (SSSR count). The van der Waals surface area contributed by atoms with Crippen LogP contribution in [0.25, 0.3) is 11.1 Å². The van der Waals surface area contributed by atoms with Gasteiger partial charge in [0.15, 0.2) is 0 Å². The highest BCUT2D eigenvalue weighted by Crippen LogP contribution is 2.34. The van der Waals surface area contributed by atoms with Gasteiger partial charge in [-0.05, 0) is 42.0 Å². The highest BCUT2D eigenvalue weighted by molar-refractivity contribution is 6.00. The Morgan fingerprint density at radius 1 is 1.00 bits per heavy atom. The van der Waals surface area contributed by atoms with Gasteiger partial charge in [0.25, 0.3) is 5.91 Å². The Bertz CT molecular complexity index is 961. The number of rotatable bonds is 4. The zero-order valence-corrected chi connectivity index (χ0v) is 13.1. The van der Waals surface area contributed by atoms with Crippen molar-refractivity contribution in [3.05, 3.63) is 83.7 Å². The third kappa shape index (κ3) is 3.33. The maximum absolute atomic E-state index is 13.0. The number of carbonyl (C=O) groups is 1. The van der Waals surface area contributed by atoms with E-state index in [0.717, 1.165) is 5.56 Å². The van der Waals surface area contributed by atoms with Crippen molar-refractivity contribution in [2.45, 2.75) is 0 Å². The SMILES string of the molecule is N#Cc1c(-c2ccccc2)ccc(Oc2ccc(F)cc2)c1C(N)=O. The fourth-order valence-electron chi connectivity index (χ4n) is 2.52. The summed E-state index contributed by atoms with van der Waals surface area (Å²) in [7, 11) is 0. The van der Waals surface area contributed by atoms with Gasteiger partial charge in [-0.1, -0.05) is 30.3 Å². The van der Waals surface area contributed by atoms with Crippen molar-refractivity contribution in [1.29, 1.82) is 5.26 Å². The molecule has 0 saturated heterocycles. The van der Waals surface area contributed by atoms with Crippen LogP contribution in [0.2, 0.25) is 0 Å². The molecule has 3 aromatic carbocycles. The molecule has 0 radical (unpaired) electrons. The topological polar surface area (TPSA) is 76.1 Å². The predicted octanol–water partition coefficient (Wildman–Crippen LogP) is 4.26. The summed E-state index contributed by atoms with van der Waals surface area (Å²) in [5.41, 5.74) is 6.99. The lowest BCUT2D eigenvalue weighted by Crippen LogP contribution is -2.15. The first-order chi connectivity index (χ1) is 12.1. The molecule has 4 nitrogen and oxygen atoms in total. The second-order valence-corrected chi connectivity index (χ2v) is 5.26. The first-order valence-corrected chi connectivity index (χ1v) is 7.46. The van der Waals surface area contributed by atoms with Gasteiger partial charge in [0.05, 0.1) is 5.56 Å². The van der Waals surface area contributed by atoms with Gasteiger partial charge < -0.3 is 10.5 Å². The molecule has 0 aliphatic heterocycles. The van der Waals surface area contributed by atoms with E-state index in [2.05, 4.69) is 0 Å². The van der Waals surface area contributed by atoms with E-state index in [1.54, 1.807) is 12.1 Å². The second-order valence-electron chi connectivity index (χ2n) is 5.26. The Morgan fingerprint density at radius 3 is 2.28 bits per heavy atom. The number of hydrogen-bond acceptors (Lipinski definition) is 3. The predicted molar refractivity (Wildman–Crippen MR) is 91.6 cm³/mol. The Balaban J connectivity index is 2.13. The Labute approximate surface area is 143 Å². The Morgan fingerprint density at radius 2 is 1.68 bits per heavy atom. The molecule has 0 unspecified atom stereocenters. The van der Waals surface area contributed by atoms with E-state index in [9.17, 15) is 14.4 Å². The summed E-state index contributed by atoms with van der Waals surface area (Å²) < 4.78 is 18.7. The number of nitrogens with zero attached hydrogens (tertiary/aromatic N) is 1. The molecule has 122 valence electrons. The van der Waals surface area contributed by atoms with Crippen LogP contribution in [0.1, 0.15) is 15.9 Å². The standard InChI is InChI=1S/C20H13FN2O2/c21-14-6-8-15(9-7-14)25-18-11-10-16(13-4-2-1-3-5-13)17(12-22)19(18)20(23)24/h1-11H,(H2,23,24). The van der Waals surface area contributed by atoms with E-state index in [1.807, 2.05) is 36.4 Å². The van der Waals surface area contributed by atoms with Crippen LogP contribution in [-0.2, 0) is 0 Å². The van der Waals surface area contributed by atoms with Gasteiger partial charge in [-0.15, -0.1) is 0 Å². The Hall–Kier alpha value is -3.65. The molecule has 2 N–H and O–H groups in total. The number of nitriles is 1. The number of hydrogen-bond donors (Lipinski definition) is 1. The number of nitrogens with two attached hydrogens (primary N) is 1. The van der Waals surface area contributed by atoms with Gasteiger partial charge in [-0.2, -0.15) is 5.26 Å². The summed E-state index contributed by atoms with van der Waals surface area (Å²) >= 11 is 0. The van der Waals surface area contributed by atoms with Crippen LogP contribution in [0.4, 0.5) is 4.39 Å². The van der Waals surface area contributed by atoms with Gasteiger partial charge in [-0.3, -0.25) is 4.79 Å². The molecule has 25 heavy (non-hydrogen) atoms. The quantitative estimate of drug-likeness (QED) is 0.775. The number of primary amides is 1. The lowest BCUT2D eigenvalue weighted by atomic mass is 9.95. The minimum atomic E-state index is -0.772. The van der Waals surface area contributed by atoms with Gasteiger partial charge >= 0.3 is 0 Å². The van der Waals surface area contributed by atoms with Crippen molar-refractivity contribution in [1.82, 2.24) is 0 Å². The molecule has 0 spiro atoms. The summed E-state index contributed by atoms with van der Waals surface area (Å²) in [5.74, 6) is -0.693. The van der Waals surface area contributed by atoms with E-state index in [-0.39, 0.29) is 16.9 Å². The number of carbonyl (C=O) groups excluding carboxylic acids is 1. The Kier molecular flexibility index (Phi) is 4.44. The fourth-order valence-corrected chi connectivity index (χ4v) is 2.52. The highest BCUT2D eigenvalue weighted by atomic mass is 19.1. The highest BCUT2D eigenvalue weighted by Gasteiger charge is 2.20. The molecule has 0 atom stereocenters. The van der Waals surface area contributed by atoms with Crippen LogP contribution < -0.4 is 10.5 Å². The number of amides is 1. The van der Waals surface area contributed by atoms with Crippen LogP contribution in [0.5, 0.6) is 11.5 Å². The summed E-state index contributed by atoms with van der Waals surface area (Å²) in [5, 5.41) is 9.57. The van der Waals surface area contributed by atoms with Crippen LogP contribution >= 0.6 is 0 Å². The molecule has 0 fully saturated rings. The average molecular weight is 332 g/mol. The molecule has 5 heteroatoms. The lowest BCUT2D eigenvalue weighted by Gasteiger charge is -2.14. The van der Waals surface area contributed by atoms with Crippen molar-refractivity contribution < 1.29 is 13.9 Å². The van der Waals surface area contributed by atoms with E-state index in [4.69, 9.17) is 10.5 Å². The first-order valence-electron chi connectivity index (χ1n) is 7.46. The van der Waals surface area contributed by atoms with Crippen molar-refractivity contribution >= 4 is 5.91 Å². The third-order valence-corrected chi connectivity index (χ3v) is 3.65. The molecule has 0 heterocycles. The van der Waals surface area contributed by atoms with E-state index in [0.29, 0.717) is 11.3 Å². The summed E-state index contributed by atoms with van der Waals surface area (Å²) in [6, 6.07) is 19.8. The molecule has 0 aromatic heterocycles. The van der Waals surface area contributed by atoms with E-state index in [1.165, 1.54) is 24.3 Å². The smallest absolute Gasteiger partial charge is 0.253 e. The van der Waals surface area contributed by atoms with Crippen molar-refractivity contribution in [2.75, 3.05) is 0 Å². The zero-order chi connectivity index (χ0) is 17.8. The maximum atomic E-state index is 13.0. The van der Waals surface area contributed by atoms with Gasteiger partial charge in [-0.25, -0.2) is 4.39 Å². The van der Waals surface area contributed by atoms with Crippen LogP contribution in [0.15, 0.2) is 66.7 Å². The molecule has 3 aromatic rings. The normalized spacial score (nSPS) is 10.1. The van der Waals surface area contributed by atoms with E-state index >= 15 is 0 Å². The van der Waals surface area contributed by atoms with Gasteiger partial charge in [0.1, 0.15) is 28.9 Å². The lowest BCUT2D eigenvalue weighted by molar-refractivity contribution is 0.0998. The molecular weight excluding hydrogens is 319 g/mol. The van der Waals surface area contributed by atoms with Crippen molar-refractivity contribution in [3.8, 4) is 28.7 Å². The molecule has 0 bridgehead atoms. The van der Waals surface area contributed by atoms with Crippen LogP contribution in [0, 0.1) is 17.1 Å². The minimum Gasteiger partial charge on any atom is -0.456 e. The monoisotopic (exact) mass is 332 g/mol. The second kappa shape index (κ2) is 6.85. The summed E-state index contributed by atoms with van der Waals surface area (Å²) in [4.78, 5) is 12.0. The molecule has 0 saturated carbocycles. The molecule has 1 amide bonds. The number of halogens is 1. The molecular formula is C20H13FN2O2. The first kappa shape index (κ1) is 16.2. The van der Waals surface area contributed by atoms with Crippen LogP contribution in [-0.4, -0.2) is 5.91 Å². The van der Waals surface area contributed by atoms with E-state index < -0.39 is 11.7 Å². The van der Waals surface area contributed by atoms with Gasteiger partial charge in [0, 0.05) is 5.56 Å². The van der Waals surface area contributed by atoms with Crippen molar-refractivity contribution in [3.63, 3.8) is 0 Å². The average Bonchev–Trinajstić information content (AvgIpc) is 2.63. The fraction of sp³-hybridized carbons (Fsp3) is 0. The molecule has 0 aliphatic rings. The minimum absolute atomic E-state index is 0.00632. The van der Waals surface area contributed by atoms with Gasteiger partial charge in [0.2, 0.25) is 0 Å². The van der Waals surface area contributed by atoms with Crippen LogP contribution in [0.3, 0.4) is 0 Å². The number of ether oxygens (including phenoxy) is 1. The summed E-state index contributed by atoms with van der Waals surface area (Å²) in [6.07, 6.45) is 0. The number of benzene rings is 3. The zero-order valence-electron chi connectivity index (χ0n) is 13.1.